The maximum Gasteiger partial charge on any atom is 0.230 e. The van der Waals surface area contributed by atoms with Gasteiger partial charge in [-0.15, -0.1) is 0 Å². The molecule has 21 heavy (non-hydrogen) atoms. The van der Waals surface area contributed by atoms with Crippen molar-refractivity contribution >= 4 is 48.6 Å². The Bertz CT molecular complexity index is 845. The van der Waals surface area contributed by atoms with Gasteiger partial charge in [-0.3, -0.25) is 0 Å². The van der Waals surface area contributed by atoms with Crippen LogP contribution in [0.25, 0.3) is 22.6 Å². The highest BCUT2D eigenvalue weighted by atomic mass is 79.9. The van der Waals surface area contributed by atoms with Crippen LogP contribution in [0.15, 0.2) is 37.6 Å². The van der Waals surface area contributed by atoms with Crippen molar-refractivity contribution < 1.29 is 8.81 Å². The average Bonchev–Trinajstić information content (AvgIpc) is 2.91. The number of hydrogen-bond donors (Lipinski definition) is 1. The smallest absolute Gasteiger partial charge is 0.230 e. The maximum atomic E-state index is 13.9. The molecule has 0 saturated heterocycles. The van der Waals surface area contributed by atoms with Crippen molar-refractivity contribution in [3.05, 3.63) is 44.6 Å². The van der Waals surface area contributed by atoms with Crippen LogP contribution in [0, 0.1) is 5.82 Å². The van der Waals surface area contributed by atoms with Crippen molar-refractivity contribution in [2.75, 3.05) is 5.73 Å². The molecule has 0 bridgehead atoms. The highest BCUT2D eigenvalue weighted by molar-refractivity contribution is 9.11. The van der Waals surface area contributed by atoms with Gasteiger partial charge in [0, 0.05) is 10.0 Å². The number of nitrogens with zero attached hydrogens (tertiary/aromatic N) is 1. The lowest BCUT2D eigenvalue weighted by Gasteiger charge is -2.07. The first-order chi connectivity index (χ1) is 10.0. The number of aryl methyl sites for hydroxylation is 1. The number of fused-ring (bicyclic) bond motifs is 1. The van der Waals surface area contributed by atoms with Gasteiger partial charge in [0.25, 0.3) is 0 Å². The summed E-state index contributed by atoms with van der Waals surface area (Å²) in [5.41, 5.74) is 9.08. The molecule has 0 fully saturated rings. The number of halogens is 3. The zero-order valence-corrected chi connectivity index (χ0v) is 14.3. The lowest BCUT2D eigenvalue weighted by atomic mass is 10.1. The molecule has 2 N–H and O–H groups in total. The van der Waals surface area contributed by atoms with E-state index in [1.807, 2.05) is 6.92 Å². The quantitative estimate of drug-likeness (QED) is 0.579. The second kappa shape index (κ2) is 5.42. The Hall–Kier alpha value is -1.40. The van der Waals surface area contributed by atoms with Crippen molar-refractivity contribution in [1.82, 2.24) is 4.98 Å². The van der Waals surface area contributed by atoms with Crippen LogP contribution < -0.4 is 5.73 Å². The third-order valence-electron chi connectivity index (χ3n) is 3.30. The van der Waals surface area contributed by atoms with Crippen molar-refractivity contribution in [3.8, 4) is 11.5 Å². The molecule has 2 aromatic carbocycles. The first-order valence-electron chi connectivity index (χ1n) is 6.35. The van der Waals surface area contributed by atoms with Crippen LogP contribution in [0.1, 0.15) is 12.5 Å². The number of rotatable bonds is 2. The maximum absolute atomic E-state index is 13.9. The summed E-state index contributed by atoms with van der Waals surface area (Å²) >= 11 is 6.90. The molecule has 0 aliphatic rings. The fourth-order valence-corrected chi connectivity index (χ4v) is 3.62. The van der Waals surface area contributed by atoms with Crippen molar-refractivity contribution in [2.24, 2.45) is 0 Å². The Kier molecular flexibility index (Phi) is 3.75. The number of oxazole rings is 1. The molecule has 3 nitrogen and oxygen atoms in total. The summed E-state index contributed by atoms with van der Waals surface area (Å²) < 4.78 is 21.1. The fourth-order valence-electron chi connectivity index (χ4n) is 2.23. The summed E-state index contributed by atoms with van der Waals surface area (Å²) in [6.07, 6.45) is 0.723. The molecule has 1 heterocycles. The normalized spacial score (nSPS) is 11.2. The van der Waals surface area contributed by atoms with Gasteiger partial charge >= 0.3 is 0 Å². The zero-order chi connectivity index (χ0) is 15.1. The standard InChI is InChI=1S/C15H11Br2FN2O/c1-2-7-10(16)12(19)11(17)13-14(7)21-15(20-13)8-5-3-4-6-9(8)18/h3-6H,2,19H2,1H3. The van der Waals surface area contributed by atoms with Gasteiger partial charge in [-0.2, -0.15) is 0 Å². The van der Waals surface area contributed by atoms with Crippen LogP contribution in [0.2, 0.25) is 0 Å². The van der Waals surface area contributed by atoms with Crippen LogP contribution in [0.5, 0.6) is 0 Å². The summed E-state index contributed by atoms with van der Waals surface area (Å²) in [6, 6.07) is 6.39. The summed E-state index contributed by atoms with van der Waals surface area (Å²) in [7, 11) is 0. The number of nitrogen functional groups attached to an aromatic ring is 1. The molecule has 3 rings (SSSR count). The average molecular weight is 414 g/mol. The van der Waals surface area contributed by atoms with Gasteiger partial charge in [0.05, 0.1) is 15.7 Å². The highest BCUT2D eigenvalue weighted by Gasteiger charge is 2.21. The van der Waals surface area contributed by atoms with E-state index in [0.29, 0.717) is 26.8 Å². The van der Waals surface area contributed by atoms with E-state index in [1.54, 1.807) is 18.2 Å². The molecule has 0 amide bonds. The van der Waals surface area contributed by atoms with E-state index in [4.69, 9.17) is 10.2 Å². The van der Waals surface area contributed by atoms with Crippen molar-refractivity contribution in [1.29, 1.82) is 0 Å². The predicted molar refractivity (Wildman–Crippen MR) is 88.6 cm³/mol. The van der Waals surface area contributed by atoms with Crippen LogP contribution in [-0.2, 0) is 6.42 Å². The largest absolute Gasteiger partial charge is 0.436 e. The number of aromatic nitrogens is 1. The predicted octanol–water partition coefficient (Wildman–Crippen LogP) is 5.30. The monoisotopic (exact) mass is 412 g/mol. The number of nitrogens with two attached hydrogens (primary N) is 1. The summed E-state index contributed by atoms with van der Waals surface area (Å²) in [4.78, 5) is 4.40. The molecule has 6 heteroatoms. The number of hydrogen-bond acceptors (Lipinski definition) is 3. The Morgan fingerprint density at radius 1 is 1.24 bits per heavy atom. The Morgan fingerprint density at radius 2 is 1.95 bits per heavy atom. The Labute approximate surface area is 137 Å². The minimum absolute atomic E-state index is 0.246. The molecular weight excluding hydrogens is 403 g/mol. The van der Waals surface area contributed by atoms with Crippen LogP contribution in [0.4, 0.5) is 10.1 Å². The van der Waals surface area contributed by atoms with Crippen LogP contribution in [-0.4, -0.2) is 4.98 Å². The molecule has 1 aromatic heterocycles. The molecular formula is C15H11Br2FN2O. The zero-order valence-electron chi connectivity index (χ0n) is 11.1. The van der Waals surface area contributed by atoms with Gasteiger partial charge in [0.2, 0.25) is 5.89 Å². The lowest BCUT2D eigenvalue weighted by Crippen LogP contribution is -1.94. The SMILES string of the molecule is CCc1c(Br)c(N)c(Br)c2nc(-c3ccccc3F)oc12. The molecule has 0 unspecified atom stereocenters. The third kappa shape index (κ3) is 2.26. The Balaban J connectivity index is 2.35. The fraction of sp³-hybridized carbons (Fsp3) is 0.133. The third-order valence-corrected chi connectivity index (χ3v) is 5.01. The molecule has 108 valence electrons. The topological polar surface area (TPSA) is 52.0 Å². The van der Waals surface area contributed by atoms with Gasteiger partial charge < -0.3 is 10.2 Å². The summed E-state index contributed by atoms with van der Waals surface area (Å²) in [5.74, 6) is -0.124. The van der Waals surface area contributed by atoms with E-state index in [9.17, 15) is 4.39 Å². The molecule has 0 aliphatic heterocycles. The molecule has 0 atom stereocenters. The van der Waals surface area contributed by atoms with Crippen molar-refractivity contribution in [2.45, 2.75) is 13.3 Å². The molecule has 0 spiro atoms. The molecule has 0 radical (unpaired) electrons. The van der Waals surface area contributed by atoms with Gasteiger partial charge in [-0.05, 0) is 50.4 Å². The van der Waals surface area contributed by atoms with E-state index in [2.05, 4.69) is 36.8 Å². The summed E-state index contributed by atoms with van der Waals surface area (Å²) in [5, 5.41) is 0. The lowest BCUT2D eigenvalue weighted by molar-refractivity contribution is 0.591. The van der Waals surface area contributed by atoms with E-state index >= 15 is 0 Å². The van der Waals surface area contributed by atoms with Gasteiger partial charge in [0.1, 0.15) is 11.3 Å². The number of benzene rings is 2. The van der Waals surface area contributed by atoms with Crippen LogP contribution >= 0.6 is 31.9 Å². The highest BCUT2D eigenvalue weighted by Crippen LogP contribution is 2.41. The van der Waals surface area contributed by atoms with Crippen molar-refractivity contribution in [3.63, 3.8) is 0 Å². The van der Waals surface area contributed by atoms with E-state index in [0.717, 1.165) is 16.5 Å². The molecule has 0 saturated carbocycles. The molecule has 0 aliphatic carbocycles. The minimum Gasteiger partial charge on any atom is -0.436 e. The minimum atomic E-state index is -0.370. The molecule has 3 aromatic rings. The van der Waals surface area contributed by atoms with Crippen LogP contribution in [0.3, 0.4) is 0 Å². The second-order valence-corrected chi connectivity index (χ2v) is 6.14. The summed E-state index contributed by atoms with van der Waals surface area (Å²) in [6.45, 7) is 2.00. The van der Waals surface area contributed by atoms with E-state index in [-0.39, 0.29) is 11.7 Å². The number of anilines is 1. The first kappa shape index (κ1) is 14.5. The van der Waals surface area contributed by atoms with E-state index < -0.39 is 0 Å². The van der Waals surface area contributed by atoms with Gasteiger partial charge in [0.15, 0.2) is 5.58 Å². The van der Waals surface area contributed by atoms with Gasteiger partial charge in [-0.1, -0.05) is 19.1 Å². The second-order valence-electron chi connectivity index (χ2n) is 4.55. The first-order valence-corrected chi connectivity index (χ1v) is 7.94. The van der Waals surface area contributed by atoms with E-state index in [1.165, 1.54) is 6.07 Å². The van der Waals surface area contributed by atoms with Gasteiger partial charge in [-0.25, -0.2) is 9.37 Å². The Morgan fingerprint density at radius 3 is 2.62 bits per heavy atom.